The molecule has 0 aliphatic heterocycles. The fourth-order valence-electron chi connectivity index (χ4n) is 2.89. The molecule has 0 heterocycles. The zero-order valence-corrected chi connectivity index (χ0v) is 12.2. The molecule has 0 bridgehead atoms. The molecule has 102 valence electrons. The fourth-order valence-corrected chi connectivity index (χ4v) is 2.89. The van der Waals surface area contributed by atoms with Crippen molar-refractivity contribution in [3.05, 3.63) is 29.8 Å². The smallest absolute Gasteiger partial charge is 0.119 e. The van der Waals surface area contributed by atoms with Gasteiger partial charge in [0.2, 0.25) is 0 Å². The van der Waals surface area contributed by atoms with Gasteiger partial charge in [0.05, 0.1) is 0 Å². The Balaban J connectivity index is 3.04. The number of phenolic OH excluding ortho intramolecular Hbond substituents is 1. The Morgan fingerprint density at radius 2 is 1.50 bits per heavy atom. The molecule has 1 nitrogen and oxygen atoms in total. The molecule has 1 aromatic carbocycles. The third-order valence-electron chi connectivity index (χ3n) is 4.17. The van der Waals surface area contributed by atoms with E-state index in [4.69, 9.17) is 0 Å². The second kappa shape index (κ2) is 7.45. The summed E-state index contributed by atoms with van der Waals surface area (Å²) in [6, 6.07) is 7.91. The monoisotopic (exact) mass is 248 g/mol. The second-order valence-corrected chi connectivity index (χ2v) is 5.36. The Hall–Kier alpha value is -0.980. The van der Waals surface area contributed by atoms with E-state index >= 15 is 0 Å². The van der Waals surface area contributed by atoms with Gasteiger partial charge in [0.25, 0.3) is 0 Å². The maximum absolute atomic E-state index is 10.2. The number of unbranched alkanes of at least 4 members (excludes halogenated alkanes) is 2. The van der Waals surface area contributed by atoms with Gasteiger partial charge < -0.3 is 5.11 Å². The summed E-state index contributed by atoms with van der Waals surface area (Å²) in [4.78, 5) is 0. The van der Waals surface area contributed by atoms with Gasteiger partial charge in [0.1, 0.15) is 5.75 Å². The van der Waals surface area contributed by atoms with Crippen LogP contribution in [0.1, 0.15) is 71.3 Å². The van der Waals surface area contributed by atoms with Gasteiger partial charge in [0.15, 0.2) is 0 Å². The van der Waals surface area contributed by atoms with Gasteiger partial charge in [-0.05, 0) is 30.7 Å². The van der Waals surface area contributed by atoms with Crippen LogP contribution in [-0.2, 0) is 5.41 Å². The molecular formula is C17H28O. The first-order valence-corrected chi connectivity index (χ1v) is 7.48. The average molecular weight is 248 g/mol. The number of para-hydroxylation sites is 1. The minimum Gasteiger partial charge on any atom is -0.508 e. The van der Waals surface area contributed by atoms with Gasteiger partial charge in [-0.1, -0.05) is 64.7 Å². The number of phenols is 1. The lowest BCUT2D eigenvalue weighted by molar-refractivity contribution is 0.316. The molecule has 1 rings (SSSR count). The van der Waals surface area contributed by atoms with Crippen LogP contribution in [-0.4, -0.2) is 5.11 Å². The normalized spacial score (nSPS) is 11.7. The van der Waals surface area contributed by atoms with Crippen molar-refractivity contribution in [2.24, 2.45) is 0 Å². The highest BCUT2D eigenvalue weighted by Gasteiger charge is 2.31. The van der Waals surface area contributed by atoms with Gasteiger partial charge in [-0.2, -0.15) is 0 Å². The van der Waals surface area contributed by atoms with E-state index < -0.39 is 0 Å². The molecule has 0 saturated heterocycles. The predicted octanol–water partition coefficient (Wildman–Crippen LogP) is 5.42. The molecule has 0 radical (unpaired) electrons. The number of rotatable bonds is 8. The standard InChI is InChI=1S/C17H28O/c1-4-7-13-17(6-3,14-8-5-2)15-11-9-10-12-16(15)18/h9-12,18H,4-8,13-14H2,1-3H3. The summed E-state index contributed by atoms with van der Waals surface area (Å²) in [5.74, 6) is 0.478. The van der Waals surface area contributed by atoms with E-state index in [0.29, 0.717) is 5.75 Å². The summed E-state index contributed by atoms with van der Waals surface area (Å²) in [6.07, 6.45) is 8.43. The Kier molecular flexibility index (Phi) is 6.24. The molecule has 0 amide bonds. The molecule has 0 spiro atoms. The first-order valence-electron chi connectivity index (χ1n) is 7.48. The van der Waals surface area contributed by atoms with E-state index in [9.17, 15) is 5.11 Å². The average Bonchev–Trinajstić information content (AvgIpc) is 2.41. The molecular weight excluding hydrogens is 220 g/mol. The van der Waals surface area contributed by atoms with E-state index in [1.54, 1.807) is 0 Å². The van der Waals surface area contributed by atoms with Crippen LogP contribution in [0.15, 0.2) is 24.3 Å². The van der Waals surface area contributed by atoms with E-state index in [-0.39, 0.29) is 5.41 Å². The van der Waals surface area contributed by atoms with Crippen LogP contribution < -0.4 is 0 Å². The minimum atomic E-state index is 0.178. The largest absolute Gasteiger partial charge is 0.508 e. The van der Waals surface area contributed by atoms with Crippen LogP contribution >= 0.6 is 0 Å². The molecule has 1 aromatic rings. The van der Waals surface area contributed by atoms with E-state index in [0.717, 1.165) is 12.0 Å². The predicted molar refractivity (Wildman–Crippen MR) is 79.1 cm³/mol. The van der Waals surface area contributed by atoms with Crippen molar-refractivity contribution in [3.8, 4) is 5.75 Å². The molecule has 0 aliphatic carbocycles. The molecule has 0 unspecified atom stereocenters. The molecule has 1 N–H and O–H groups in total. The van der Waals surface area contributed by atoms with Crippen molar-refractivity contribution in [2.45, 2.75) is 71.1 Å². The molecule has 0 atom stereocenters. The van der Waals surface area contributed by atoms with Crippen molar-refractivity contribution in [3.63, 3.8) is 0 Å². The lowest BCUT2D eigenvalue weighted by atomic mass is 9.70. The van der Waals surface area contributed by atoms with Crippen LogP contribution in [0.25, 0.3) is 0 Å². The van der Waals surface area contributed by atoms with Crippen LogP contribution in [0.4, 0.5) is 0 Å². The van der Waals surface area contributed by atoms with E-state index in [1.807, 2.05) is 12.1 Å². The second-order valence-electron chi connectivity index (χ2n) is 5.36. The molecule has 0 fully saturated rings. The number of hydrogen-bond donors (Lipinski definition) is 1. The van der Waals surface area contributed by atoms with Gasteiger partial charge in [-0.3, -0.25) is 0 Å². The third kappa shape index (κ3) is 3.51. The van der Waals surface area contributed by atoms with E-state index in [1.165, 1.54) is 38.5 Å². The van der Waals surface area contributed by atoms with Crippen molar-refractivity contribution in [1.82, 2.24) is 0 Å². The van der Waals surface area contributed by atoms with Crippen LogP contribution in [0.3, 0.4) is 0 Å². The molecule has 0 saturated carbocycles. The lowest BCUT2D eigenvalue weighted by Gasteiger charge is -2.34. The van der Waals surface area contributed by atoms with Gasteiger partial charge in [-0.15, -0.1) is 0 Å². The van der Waals surface area contributed by atoms with Crippen LogP contribution in [0.5, 0.6) is 5.75 Å². The first kappa shape index (κ1) is 15.1. The highest BCUT2D eigenvalue weighted by molar-refractivity contribution is 5.38. The summed E-state index contributed by atoms with van der Waals surface area (Å²) >= 11 is 0. The van der Waals surface area contributed by atoms with Crippen molar-refractivity contribution in [2.75, 3.05) is 0 Å². The van der Waals surface area contributed by atoms with Crippen molar-refractivity contribution in [1.29, 1.82) is 0 Å². The number of hydrogen-bond acceptors (Lipinski definition) is 1. The van der Waals surface area contributed by atoms with Crippen LogP contribution in [0.2, 0.25) is 0 Å². The van der Waals surface area contributed by atoms with Gasteiger partial charge >= 0.3 is 0 Å². The molecule has 0 aromatic heterocycles. The zero-order chi connectivity index (χ0) is 13.4. The fraction of sp³-hybridized carbons (Fsp3) is 0.647. The summed E-state index contributed by atoms with van der Waals surface area (Å²) in [7, 11) is 0. The summed E-state index contributed by atoms with van der Waals surface area (Å²) in [6.45, 7) is 6.74. The number of benzene rings is 1. The van der Waals surface area contributed by atoms with Gasteiger partial charge in [-0.25, -0.2) is 0 Å². The first-order chi connectivity index (χ1) is 8.70. The Bertz CT molecular complexity index is 335. The minimum absolute atomic E-state index is 0.178. The summed E-state index contributed by atoms with van der Waals surface area (Å²) < 4.78 is 0. The Labute approximate surface area is 112 Å². The highest BCUT2D eigenvalue weighted by atomic mass is 16.3. The molecule has 0 aliphatic rings. The topological polar surface area (TPSA) is 20.2 Å². The third-order valence-corrected chi connectivity index (χ3v) is 4.17. The molecule has 18 heavy (non-hydrogen) atoms. The Morgan fingerprint density at radius 1 is 0.944 bits per heavy atom. The van der Waals surface area contributed by atoms with Crippen LogP contribution in [0, 0.1) is 0 Å². The quantitative estimate of drug-likeness (QED) is 0.651. The van der Waals surface area contributed by atoms with Crippen molar-refractivity contribution < 1.29 is 5.11 Å². The SMILES string of the molecule is CCCCC(CC)(CCCC)c1ccccc1O. The maximum atomic E-state index is 10.2. The zero-order valence-electron chi connectivity index (χ0n) is 12.2. The van der Waals surface area contributed by atoms with E-state index in [2.05, 4.69) is 32.9 Å². The Morgan fingerprint density at radius 3 is 1.94 bits per heavy atom. The lowest BCUT2D eigenvalue weighted by Crippen LogP contribution is -2.25. The summed E-state index contributed by atoms with van der Waals surface area (Å²) in [5, 5.41) is 10.2. The maximum Gasteiger partial charge on any atom is 0.119 e. The molecule has 1 heteroatoms. The summed E-state index contributed by atoms with van der Waals surface area (Å²) in [5.41, 5.74) is 1.34. The van der Waals surface area contributed by atoms with Gasteiger partial charge in [0, 0.05) is 5.56 Å². The van der Waals surface area contributed by atoms with Crippen molar-refractivity contribution >= 4 is 0 Å². The number of aromatic hydroxyl groups is 1. The highest BCUT2D eigenvalue weighted by Crippen LogP contribution is 2.42.